The van der Waals surface area contributed by atoms with Crippen LogP contribution in [0.3, 0.4) is 0 Å². The normalized spacial score (nSPS) is 15.0. The fourth-order valence-corrected chi connectivity index (χ4v) is 3.52. The number of amides is 2. The van der Waals surface area contributed by atoms with Crippen LogP contribution in [0, 0.1) is 0 Å². The summed E-state index contributed by atoms with van der Waals surface area (Å²) in [6.45, 7) is 3.25. The van der Waals surface area contributed by atoms with Crippen molar-refractivity contribution in [1.82, 2.24) is 30.1 Å². The van der Waals surface area contributed by atoms with Gasteiger partial charge in [-0.05, 0) is 19.8 Å². The van der Waals surface area contributed by atoms with Crippen molar-refractivity contribution in [2.24, 2.45) is 7.05 Å². The van der Waals surface area contributed by atoms with E-state index in [0.717, 1.165) is 30.5 Å². The molecule has 0 aliphatic carbocycles. The Bertz CT molecular complexity index is 949. The van der Waals surface area contributed by atoms with E-state index in [0.29, 0.717) is 24.7 Å². The lowest BCUT2D eigenvalue weighted by Crippen LogP contribution is -2.44. The first-order chi connectivity index (χ1) is 13.6. The molecule has 1 atom stereocenters. The van der Waals surface area contributed by atoms with Gasteiger partial charge in [-0.1, -0.05) is 35.5 Å². The third-order valence-electron chi connectivity index (χ3n) is 4.99. The number of rotatable bonds is 4. The highest BCUT2D eigenvalue weighted by Gasteiger charge is 2.23. The van der Waals surface area contributed by atoms with Gasteiger partial charge in [0.15, 0.2) is 0 Å². The molecular weight excluding hydrogens is 356 g/mol. The van der Waals surface area contributed by atoms with Crippen LogP contribution in [0.5, 0.6) is 0 Å². The Kier molecular flexibility index (Phi) is 5.10. The van der Waals surface area contributed by atoms with Crippen LogP contribution in [-0.2, 0) is 26.4 Å². The summed E-state index contributed by atoms with van der Waals surface area (Å²) in [5, 5.41) is 11.4. The van der Waals surface area contributed by atoms with Gasteiger partial charge in [-0.3, -0.25) is 4.68 Å². The molecule has 28 heavy (non-hydrogen) atoms. The van der Waals surface area contributed by atoms with Gasteiger partial charge in [0.1, 0.15) is 0 Å². The molecule has 1 N–H and O–H groups in total. The van der Waals surface area contributed by atoms with Crippen LogP contribution in [0.1, 0.15) is 30.5 Å². The van der Waals surface area contributed by atoms with Gasteiger partial charge in [0.05, 0.1) is 12.7 Å². The zero-order valence-corrected chi connectivity index (χ0v) is 16.1. The quantitative estimate of drug-likeness (QED) is 0.751. The van der Waals surface area contributed by atoms with Gasteiger partial charge in [0.2, 0.25) is 11.7 Å². The summed E-state index contributed by atoms with van der Waals surface area (Å²) in [7, 11) is 1.95. The molecule has 1 aliphatic rings. The summed E-state index contributed by atoms with van der Waals surface area (Å²) in [4.78, 5) is 19.0. The third kappa shape index (κ3) is 3.90. The predicted octanol–water partition coefficient (Wildman–Crippen LogP) is 2.56. The summed E-state index contributed by atoms with van der Waals surface area (Å²) in [5.74, 6) is 1.07. The highest BCUT2D eigenvalue weighted by molar-refractivity contribution is 5.74. The number of nitrogens with one attached hydrogen (secondary N) is 1. The van der Waals surface area contributed by atoms with Crippen LogP contribution in [0.2, 0.25) is 0 Å². The van der Waals surface area contributed by atoms with Crippen molar-refractivity contribution in [1.29, 1.82) is 0 Å². The summed E-state index contributed by atoms with van der Waals surface area (Å²) in [6, 6.07) is 9.49. The Balaban J connectivity index is 1.35. The van der Waals surface area contributed by atoms with E-state index in [9.17, 15) is 4.79 Å². The largest absolute Gasteiger partial charge is 0.339 e. The van der Waals surface area contributed by atoms with E-state index < -0.39 is 0 Å². The van der Waals surface area contributed by atoms with Gasteiger partial charge in [-0.25, -0.2) is 4.79 Å². The van der Waals surface area contributed by atoms with Crippen LogP contribution >= 0.6 is 0 Å². The van der Waals surface area contributed by atoms with Crippen LogP contribution in [0.15, 0.2) is 41.1 Å². The molecule has 146 valence electrons. The molecule has 0 bridgehead atoms. The van der Waals surface area contributed by atoms with Crippen LogP contribution < -0.4 is 5.32 Å². The van der Waals surface area contributed by atoms with Crippen LogP contribution in [0.25, 0.3) is 11.4 Å². The molecule has 3 heterocycles. The summed E-state index contributed by atoms with van der Waals surface area (Å²) >= 11 is 0. The number of hydrogen-bond acceptors (Lipinski definition) is 5. The lowest BCUT2D eigenvalue weighted by atomic mass is 10.2. The summed E-state index contributed by atoms with van der Waals surface area (Å²) < 4.78 is 7.25. The number of aromatic nitrogens is 4. The second-order valence-electron chi connectivity index (χ2n) is 7.20. The zero-order chi connectivity index (χ0) is 19.5. The van der Waals surface area contributed by atoms with Gasteiger partial charge >= 0.3 is 6.03 Å². The maximum absolute atomic E-state index is 12.7. The molecule has 0 spiro atoms. The Morgan fingerprint density at radius 1 is 1.32 bits per heavy atom. The van der Waals surface area contributed by atoms with Crippen molar-refractivity contribution >= 4 is 6.03 Å². The molecule has 2 aromatic heterocycles. The molecule has 3 aromatic rings. The van der Waals surface area contributed by atoms with E-state index in [2.05, 4.69) is 20.6 Å². The Hall–Kier alpha value is -3.16. The molecule has 0 saturated heterocycles. The third-order valence-corrected chi connectivity index (χ3v) is 4.99. The standard InChI is InChI=1S/C20H24N6O2/c1-14(11-18-23-19(24-28-18)15-7-4-3-5-8-15)22-20(27)26-10-6-9-17-16(13-26)12-21-25(17)2/h3-5,7-8,12,14H,6,9-11,13H2,1-2H3,(H,22,27). The van der Waals surface area contributed by atoms with Crippen molar-refractivity contribution in [3.05, 3.63) is 53.7 Å². The van der Waals surface area contributed by atoms with Gasteiger partial charge in [0, 0.05) is 42.9 Å². The van der Waals surface area contributed by atoms with Crippen molar-refractivity contribution in [3.63, 3.8) is 0 Å². The van der Waals surface area contributed by atoms with Gasteiger partial charge in [-0.2, -0.15) is 10.1 Å². The monoisotopic (exact) mass is 380 g/mol. The SMILES string of the molecule is CC(Cc1nc(-c2ccccc2)no1)NC(=O)N1CCCc2c(cnn2C)C1. The molecule has 2 amide bonds. The summed E-state index contributed by atoms with van der Waals surface area (Å²) in [5.41, 5.74) is 3.24. The number of aryl methyl sites for hydroxylation is 1. The molecule has 1 unspecified atom stereocenters. The molecule has 1 aliphatic heterocycles. The lowest BCUT2D eigenvalue weighted by molar-refractivity contribution is 0.192. The van der Waals surface area contributed by atoms with Gasteiger partial charge in [-0.15, -0.1) is 0 Å². The van der Waals surface area contributed by atoms with E-state index in [1.54, 1.807) is 0 Å². The van der Waals surface area contributed by atoms with Crippen molar-refractivity contribution in [2.75, 3.05) is 6.54 Å². The number of nitrogens with zero attached hydrogens (tertiary/aromatic N) is 5. The van der Waals surface area contributed by atoms with Crippen LogP contribution in [-0.4, -0.2) is 43.4 Å². The van der Waals surface area contributed by atoms with Gasteiger partial charge in [0.25, 0.3) is 0 Å². The molecule has 0 radical (unpaired) electrons. The number of benzene rings is 1. The molecule has 1 aromatic carbocycles. The fourth-order valence-electron chi connectivity index (χ4n) is 3.52. The number of hydrogen-bond donors (Lipinski definition) is 1. The van der Waals surface area contributed by atoms with Crippen molar-refractivity contribution in [2.45, 2.75) is 38.8 Å². The molecule has 8 nitrogen and oxygen atoms in total. The molecule has 8 heteroatoms. The highest BCUT2D eigenvalue weighted by atomic mass is 16.5. The average Bonchev–Trinajstić information content (AvgIpc) is 3.22. The first kappa shape index (κ1) is 18.2. The average molecular weight is 380 g/mol. The topological polar surface area (TPSA) is 89.1 Å². The minimum absolute atomic E-state index is 0.0769. The minimum atomic E-state index is -0.117. The fraction of sp³-hybridized carbons (Fsp3) is 0.400. The Labute approximate surface area is 163 Å². The minimum Gasteiger partial charge on any atom is -0.339 e. The highest BCUT2D eigenvalue weighted by Crippen LogP contribution is 2.18. The second kappa shape index (κ2) is 7.84. The molecule has 0 fully saturated rings. The predicted molar refractivity (Wildman–Crippen MR) is 103 cm³/mol. The van der Waals surface area contributed by atoms with E-state index in [-0.39, 0.29) is 12.1 Å². The van der Waals surface area contributed by atoms with E-state index in [1.807, 2.05) is 60.1 Å². The van der Waals surface area contributed by atoms with E-state index in [1.165, 1.54) is 5.69 Å². The molecule has 0 saturated carbocycles. The molecular formula is C20H24N6O2. The van der Waals surface area contributed by atoms with Crippen LogP contribution in [0.4, 0.5) is 4.79 Å². The maximum Gasteiger partial charge on any atom is 0.317 e. The summed E-state index contributed by atoms with van der Waals surface area (Å²) in [6.07, 6.45) is 4.21. The van der Waals surface area contributed by atoms with Crippen molar-refractivity contribution < 1.29 is 9.32 Å². The number of carbonyl (C=O) groups excluding carboxylic acids is 1. The Morgan fingerprint density at radius 2 is 2.14 bits per heavy atom. The lowest BCUT2D eigenvalue weighted by Gasteiger charge is -2.23. The van der Waals surface area contributed by atoms with Gasteiger partial charge < -0.3 is 14.7 Å². The number of carbonyl (C=O) groups is 1. The molecule has 4 rings (SSSR count). The zero-order valence-electron chi connectivity index (χ0n) is 16.1. The Morgan fingerprint density at radius 3 is 2.96 bits per heavy atom. The maximum atomic E-state index is 12.7. The first-order valence-electron chi connectivity index (χ1n) is 9.53. The number of urea groups is 1. The smallest absolute Gasteiger partial charge is 0.317 e. The van der Waals surface area contributed by atoms with E-state index in [4.69, 9.17) is 4.52 Å². The first-order valence-corrected chi connectivity index (χ1v) is 9.53. The van der Waals surface area contributed by atoms with Crippen molar-refractivity contribution in [3.8, 4) is 11.4 Å². The second-order valence-corrected chi connectivity index (χ2v) is 7.20. The number of fused-ring (bicyclic) bond motifs is 1. The van der Waals surface area contributed by atoms with E-state index >= 15 is 0 Å².